The second-order valence-corrected chi connectivity index (χ2v) is 6.94. The van der Waals surface area contributed by atoms with Crippen molar-refractivity contribution in [3.63, 3.8) is 0 Å². The fourth-order valence-corrected chi connectivity index (χ4v) is 2.99. The first kappa shape index (κ1) is 20.4. The molecule has 0 spiro atoms. The number of aliphatic carboxylic acids is 1. The number of aromatic nitrogens is 3. The number of nitrogens with one attached hydrogen (secondary N) is 2. The normalized spacial score (nSPS) is 10.6. The Kier molecular flexibility index (Phi) is 7.35. The first-order chi connectivity index (χ1) is 12.8. The van der Waals surface area contributed by atoms with Crippen LogP contribution in [0.2, 0.25) is 0 Å². The van der Waals surface area contributed by atoms with Gasteiger partial charge in [0.2, 0.25) is 11.8 Å². The van der Waals surface area contributed by atoms with Gasteiger partial charge in [0, 0.05) is 11.7 Å². The lowest BCUT2D eigenvalue weighted by Crippen LogP contribution is -2.30. The van der Waals surface area contributed by atoms with Gasteiger partial charge in [0.25, 0.3) is 0 Å². The van der Waals surface area contributed by atoms with Crippen molar-refractivity contribution >= 4 is 35.2 Å². The van der Waals surface area contributed by atoms with E-state index in [9.17, 15) is 14.4 Å². The number of hydrogen-bond acceptors (Lipinski definition) is 6. The fourth-order valence-electron chi connectivity index (χ4n) is 2.14. The molecule has 2 amide bonds. The van der Waals surface area contributed by atoms with E-state index in [2.05, 4.69) is 20.8 Å². The molecule has 10 heteroatoms. The summed E-state index contributed by atoms with van der Waals surface area (Å²) < 4.78 is 1.89. The van der Waals surface area contributed by atoms with Crippen LogP contribution in [0.5, 0.6) is 0 Å². The van der Waals surface area contributed by atoms with E-state index in [1.807, 2.05) is 18.4 Å². The van der Waals surface area contributed by atoms with Gasteiger partial charge >= 0.3 is 5.97 Å². The number of anilines is 1. The maximum atomic E-state index is 12.1. The maximum Gasteiger partial charge on any atom is 0.322 e. The number of carboxylic acid groups (broad SMARTS) is 1. The quantitative estimate of drug-likeness (QED) is 0.551. The highest BCUT2D eigenvalue weighted by molar-refractivity contribution is 7.99. The van der Waals surface area contributed by atoms with Gasteiger partial charge in [0.1, 0.15) is 12.9 Å². The molecule has 0 radical (unpaired) electrons. The number of amides is 2. The van der Waals surface area contributed by atoms with E-state index in [-0.39, 0.29) is 30.0 Å². The Balaban J connectivity index is 1.81. The molecule has 27 heavy (non-hydrogen) atoms. The molecule has 0 aliphatic heterocycles. The summed E-state index contributed by atoms with van der Waals surface area (Å²) in [6.45, 7) is 3.61. The van der Waals surface area contributed by atoms with Gasteiger partial charge in [-0.2, -0.15) is 0 Å². The number of benzene rings is 1. The molecule has 0 aliphatic rings. The number of rotatable bonds is 9. The SMILES string of the molecule is CC(C)n1cnnc1SCC(=O)Nc1ccc(CC(=O)NCC(=O)O)cc1. The Morgan fingerprint density at radius 2 is 1.89 bits per heavy atom. The summed E-state index contributed by atoms with van der Waals surface area (Å²) in [5.41, 5.74) is 1.33. The monoisotopic (exact) mass is 391 g/mol. The van der Waals surface area contributed by atoms with Gasteiger partial charge < -0.3 is 20.3 Å². The van der Waals surface area contributed by atoms with Crippen LogP contribution in [0.3, 0.4) is 0 Å². The number of nitrogens with zero attached hydrogens (tertiary/aromatic N) is 3. The summed E-state index contributed by atoms with van der Waals surface area (Å²) in [7, 11) is 0. The summed E-state index contributed by atoms with van der Waals surface area (Å²) in [4.78, 5) is 34.1. The van der Waals surface area contributed by atoms with Crippen LogP contribution in [0, 0.1) is 0 Å². The van der Waals surface area contributed by atoms with E-state index in [1.54, 1.807) is 30.6 Å². The van der Waals surface area contributed by atoms with Crippen LogP contribution in [0.15, 0.2) is 35.7 Å². The van der Waals surface area contributed by atoms with Crippen LogP contribution in [0.4, 0.5) is 5.69 Å². The lowest BCUT2D eigenvalue weighted by molar-refractivity contribution is -0.137. The average molecular weight is 391 g/mol. The zero-order valence-electron chi connectivity index (χ0n) is 15.0. The third-order valence-electron chi connectivity index (χ3n) is 3.47. The second kappa shape index (κ2) is 9.72. The first-order valence-corrected chi connectivity index (χ1v) is 9.23. The van der Waals surface area contributed by atoms with Gasteiger partial charge in [-0.05, 0) is 31.5 Å². The van der Waals surface area contributed by atoms with Crippen molar-refractivity contribution in [1.29, 1.82) is 0 Å². The number of carboxylic acids is 1. The third-order valence-corrected chi connectivity index (χ3v) is 4.43. The van der Waals surface area contributed by atoms with Crippen molar-refractivity contribution in [2.75, 3.05) is 17.6 Å². The summed E-state index contributed by atoms with van der Waals surface area (Å²) >= 11 is 1.31. The zero-order chi connectivity index (χ0) is 19.8. The van der Waals surface area contributed by atoms with Crippen molar-refractivity contribution in [3.8, 4) is 0 Å². The lowest BCUT2D eigenvalue weighted by atomic mass is 10.1. The molecule has 144 valence electrons. The second-order valence-electron chi connectivity index (χ2n) is 6.00. The summed E-state index contributed by atoms with van der Waals surface area (Å²) in [5, 5.41) is 22.1. The molecule has 1 heterocycles. The molecule has 3 N–H and O–H groups in total. The molecule has 0 saturated carbocycles. The highest BCUT2D eigenvalue weighted by Crippen LogP contribution is 2.19. The van der Waals surface area contributed by atoms with Crippen LogP contribution < -0.4 is 10.6 Å². The largest absolute Gasteiger partial charge is 0.480 e. The lowest BCUT2D eigenvalue weighted by Gasteiger charge is -2.09. The van der Waals surface area contributed by atoms with Crippen molar-refractivity contribution in [3.05, 3.63) is 36.2 Å². The molecule has 0 fully saturated rings. The minimum atomic E-state index is -1.09. The minimum Gasteiger partial charge on any atom is -0.480 e. The Labute approximate surface area is 160 Å². The van der Waals surface area contributed by atoms with Crippen LogP contribution in [-0.2, 0) is 20.8 Å². The summed E-state index contributed by atoms with van der Waals surface area (Å²) in [5.74, 6) is -1.44. The van der Waals surface area contributed by atoms with Crippen molar-refractivity contribution in [1.82, 2.24) is 20.1 Å². The van der Waals surface area contributed by atoms with Gasteiger partial charge in [-0.25, -0.2) is 0 Å². The number of carbonyl (C=O) groups is 3. The smallest absolute Gasteiger partial charge is 0.322 e. The maximum absolute atomic E-state index is 12.1. The Morgan fingerprint density at radius 3 is 2.52 bits per heavy atom. The van der Waals surface area contributed by atoms with E-state index in [0.29, 0.717) is 10.8 Å². The molecule has 2 aromatic rings. The Bertz CT molecular complexity index is 804. The van der Waals surface area contributed by atoms with Gasteiger partial charge in [-0.1, -0.05) is 23.9 Å². The molecule has 1 aromatic heterocycles. The van der Waals surface area contributed by atoms with Crippen LogP contribution in [0.25, 0.3) is 0 Å². The molecule has 0 atom stereocenters. The summed E-state index contributed by atoms with van der Waals surface area (Å²) in [6, 6.07) is 7.01. The predicted molar refractivity (Wildman–Crippen MR) is 101 cm³/mol. The zero-order valence-corrected chi connectivity index (χ0v) is 15.8. The Hall–Kier alpha value is -2.88. The van der Waals surface area contributed by atoms with Crippen LogP contribution in [0.1, 0.15) is 25.5 Å². The Morgan fingerprint density at radius 1 is 1.19 bits per heavy atom. The third kappa shape index (κ3) is 6.74. The molecule has 0 aliphatic carbocycles. The van der Waals surface area contributed by atoms with E-state index < -0.39 is 12.5 Å². The number of carbonyl (C=O) groups excluding carboxylic acids is 2. The molecule has 9 nitrogen and oxygen atoms in total. The van der Waals surface area contributed by atoms with Crippen molar-refractivity contribution in [2.24, 2.45) is 0 Å². The highest BCUT2D eigenvalue weighted by Gasteiger charge is 2.11. The molecule has 2 rings (SSSR count). The first-order valence-electron chi connectivity index (χ1n) is 8.24. The van der Waals surface area contributed by atoms with E-state index in [0.717, 1.165) is 5.56 Å². The average Bonchev–Trinajstić information content (AvgIpc) is 3.09. The molecular formula is C17H21N5O4S. The van der Waals surface area contributed by atoms with Gasteiger partial charge in [0.15, 0.2) is 5.16 Å². The number of hydrogen-bond donors (Lipinski definition) is 3. The molecular weight excluding hydrogens is 370 g/mol. The van der Waals surface area contributed by atoms with E-state index in [4.69, 9.17) is 5.11 Å². The van der Waals surface area contributed by atoms with E-state index in [1.165, 1.54) is 11.8 Å². The molecule has 1 aromatic carbocycles. The van der Waals surface area contributed by atoms with Gasteiger partial charge in [0.05, 0.1) is 12.2 Å². The predicted octanol–water partition coefficient (Wildman–Crippen LogP) is 1.33. The van der Waals surface area contributed by atoms with Crippen molar-refractivity contribution in [2.45, 2.75) is 31.5 Å². The standard InChI is InChI=1S/C17H21N5O4S/c1-11(2)22-10-19-21-17(22)27-9-15(24)20-13-5-3-12(4-6-13)7-14(23)18-8-16(25)26/h3-6,10-11H,7-9H2,1-2H3,(H,18,23)(H,20,24)(H,25,26). The van der Waals surface area contributed by atoms with Gasteiger partial charge in [-0.15, -0.1) is 10.2 Å². The highest BCUT2D eigenvalue weighted by atomic mass is 32.2. The molecule has 0 saturated heterocycles. The molecule has 0 bridgehead atoms. The topological polar surface area (TPSA) is 126 Å². The summed E-state index contributed by atoms with van der Waals surface area (Å²) in [6.07, 6.45) is 1.71. The molecule has 0 unspecified atom stereocenters. The minimum absolute atomic E-state index is 0.0716. The fraction of sp³-hybridized carbons (Fsp3) is 0.353. The van der Waals surface area contributed by atoms with Crippen LogP contribution in [-0.4, -0.2) is 50.0 Å². The van der Waals surface area contributed by atoms with Gasteiger partial charge in [-0.3, -0.25) is 14.4 Å². The van der Waals surface area contributed by atoms with Crippen LogP contribution >= 0.6 is 11.8 Å². The number of thioether (sulfide) groups is 1. The van der Waals surface area contributed by atoms with Crippen molar-refractivity contribution < 1.29 is 19.5 Å². The van der Waals surface area contributed by atoms with E-state index >= 15 is 0 Å².